The highest BCUT2D eigenvalue weighted by Gasteiger charge is 2.36. The predicted molar refractivity (Wildman–Crippen MR) is 96.0 cm³/mol. The van der Waals surface area contributed by atoms with Gasteiger partial charge in [0.25, 0.3) is 0 Å². The Kier molecular flexibility index (Phi) is 5.63. The van der Waals surface area contributed by atoms with E-state index in [1.807, 2.05) is 45.9 Å². The number of anilines is 1. The number of carbonyl (C=O) groups excluding carboxylic acids is 1. The summed E-state index contributed by atoms with van der Waals surface area (Å²) in [6.07, 6.45) is 1.29. The van der Waals surface area contributed by atoms with Crippen molar-refractivity contribution in [3.8, 4) is 0 Å². The Morgan fingerprint density at radius 2 is 2.04 bits per heavy atom. The lowest BCUT2D eigenvalue weighted by Gasteiger charge is -2.29. The van der Waals surface area contributed by atoms with E-state index < -0.39 is 5.60 Å². The predicted octanol–water partition coefficient (Wildman–Crippen LogP) is 3.51. The van der Waals surface area contributed by atoms with Gasteiger partial charge >= 0.3 is 5.97 Å². The first-order valence-electron chi connectivity index (χ1n) is 8.05. The first-order chi connectivity index (χ1) is 10.8. The van der Waals surface area contributed by atoms with E-state index in [1.165, 1.54) is 5.56 Å². The van der Waals surface area contributed by atoms with Crippen LogP contribution in [0.15, 0.2) is 24.3 Å². The SMILES string of the molecule is CCOC(=S)CCN1c2ccccc2CC1C(=O)OC(C)(C)C. The summed E-state index contributed by atoms with van der Waals surface area (Å²) in [5.41, 5.74) is 1.77. The van der Waals surface area contributed by atoms with Gasteiger partial charge in [-0.1, -0.05) is 18.2 Å². The molecule has 1 aromatic rings. The van der Waals surface area contributed by atoms with E-state index in [-0.39, 0.29) is 12.0 Å². The lowest BCUT2D eigenvalue weighted by molar-refractivity contribution is -0.156. The second-order valence-electron chi connectivity index (χ2n) is 6.63. The smallest absolute Gasteiger partial charge is 0.329 e. The van der Waals surface area contributed by atoms with Crippen LogP contribution in [-0.4, -0.2) is 35.8 Å². The third-order valence-electron chi connectivity index (χ3n) is 3.63. The molecular weight excluding hydrogens is 310 g/mol. The van der Waals surface area contributed by atoms with Crippen molar-refractivity contribution >= 4 is 28.9 Å². The highest BCUT2D eigenvalue weighted by atomic mass is 32.1. The normalized spacial score (nSPS) is 16.9. The summed E-state index contributed by atoms with van der Waals surface area (Å²) in [4.78, 5) is 14.7. The molecule has 5 heteroatoms. The van der Waals surface area contributed by atoms with Crippen molar-refractivity contribution in [2.45, 2.75) is 52.2 Å². The fourth-order valence-electron chi connectivity index (χ4n) is 2.75. The molecule has 1 aliphatic rings. The van der Waals surface area contributed by atoms with Crippen LogP contribution in [0.5, 0.6) is 0 Å². The number of thiocarbonyl (C=S) groups is 1. The van der Waals surface area contributed by atoms with Gasteiger partial charge in [0, 0.05) is 25.1 Å². The molecule has 0 spiro atoms. The molecule has 1 atom stereocenters. The number of para-hydroxylation sites is 1. The zero-order valence-corrected chi connectivity index (χ0v) is 15.1. The molecule has 0 N–H and O–H groups in total. The summed E-state index contributed by atoms with van der Waals surface area (Å²) >= 11 is 5.21. The zero-order valence-electron chi connectivity index (χ0n) is 14.3. The summed E-state index contributed by atoms with van der Waals surface area (Å²) in [7, 11) is 0. The number of benzene rings is 1. The standard InChI is InChI=1S/C18H25NO3S/c1-5-21-16(23)10-11-19-14-9-7-6-8-13(14)12-15(19)17(20)22-18(2,3)4/h6-9,15H,5,10-12H2,1-4H3. The number of carbonyl (C=O) groups is 1. The van der Waals surface area contributed by atoms with Crippen LogP contribution in [0.3, 0.4) is 0 Å². The Balaban J connectivity index is 2.14. The highest BCUT2D eigenvalue weighted by molar-refractivity contribution is 7.80. The average Bonchev–Trinajstić information content (AvgIpc) is 2.82. The van der Waals surface area contributed by atoms with Crippen molar-refractivity contribution in [1.29, 1.82) is 0 Å². The van der Waals surface area contributed by atoms with E-state index in [0.717, 1.165) is 5.69 Å². The summed E-state index contributed by atoms with van der Waals surface area (Å²) < 4.78 is 10.9. The molecule has 0 fully saturated rings. The minimum Gasteiger partial charge on any atom is -0.487 e. The van der Waals surface area contributed by atoms with Crippen molar-refractivity contribution in [3.63, 3.8) is 0 Å². The molecule has 1 unspecified atom stereocenters. The lowest BCUT2D eigenvalue weighted by Crippen LogP contribution is -2.43. The van der Waals surface area contributed by atoms with E-state index >= 15 is 0 Å². The average molecular weight is 335 g/mol. The van der Waals surface area contributed by atoms with Gasteiger partial charge in [0.2, 0.25) is 0 Å². The zero-order chi connectivity index (χ0) is 17.0. The van der Waals surface area contributed by atoms with E-state index in [9.17, 15) is 4.79 Å². The van der Waals surface area contributed by atoms with Crippen LogP contribution >= 0.6 is 12.2 Å². The molecule has 1 heterocycles. The van der Waals surface area contributed by atoms with Gasteiger partial charge in [0.15, 0.2) is 5.05 Å². The molecule has 0 amide bonds. The Hall–Kier alpha value is -1.62. The third kappa shape index (κ3) is 4.67. The number of ether oxygens (including phenoxy) is 2. The first kappa shape index (κ1) is 17.7. The Labute approximate surface area is 143 Å². The fourth-order valence-corrected chi connectivity index (χ4v) is 2.96. The number of hydrogen-bond donors (Lipinski definition) is 0. The molecular formula is C18H25NO3S. The molecule has 2 rings (SSSR count). The molecule has 0 aliphatic carbocycles. The van der Waals surface area contributed by atoms with Gasteiger partial charge in [-0.3, -0.25) is 0 Å². The van der Waals surface area contributed by atoms with Crippen molar-refractivity contribution < 1.29 is 14.3 Å². The molecule has 0 radical (unpaired) electrons. The Bertz CT molecular complexity index is 580. The first-order valence-corrected chi connectivity index (χ1v) is 8.45. The van der Waals surface area contributed by atoms with Crippen LogP contribution in [0.2, 0.25) is 0 Å². The molecule has 23 heavy (non-hydrogen) atoms. The Morgan fingerprint density at radius 1 is 1.35 bits per heavy atom. The van der Waals surface area contributed by atoms with Gasteiger partial charge < -0.3 is 14.4 Å². The van der Waals surface area contributed by atoms with Gasteiger partial charge in [-0.05, 0) is 51.5 Å². The number of hydrogen-bond acceptors (Lipinski definition) is 5. The van der Waals surface area contributed by atoms with Crippen molar-refractivity contribution in [2.75, 3.05) is 18.1 Å². The van der Waals surface area contributed by atoms with Gasteiger partial charge in [0.1, 0.15) is 11.6 Å². The summed E-state index contributed by atoms with van der Waals surface area (Å²) in [5, 5.41) is 0.583. The second-order valence-corrected chi connectivity index (χ2v) is 7.09. The summed E-state index contributed by atoms with van der Waals surface area (Å²) in [5.74, 6) is -0.184. The van der Waals surface area contributed by atoms with Crippen LogP contribution < -0.4 is 4.90 Å². The van der Waals surface area contributed by atoms with E-state index in [4.69, 9.17) is 21.7 Å². The lowest BCUT2D eigenvalue weighted by atomic mass is 10.1. The molecule has 4 nitrogen and oxygen atoms in total. The second kappa shape index (κ2) is 7.30. The van der Waals surface area contributed by atoms with Crippen LogP contribution in [0.25, 0.3) is 0 Å². The molecule has 126 valence electrons. The van der Waals surface area contributed by atoms with E-state index in [1.54, 1.807) is 0 Å². The maximum Gasteiger partial charge on any atom is 0.329 e. The van der Waals surface area contributed by atoms with Crippen molar-refractivity contribution in [2.24, 2.45) is 0 Å². The van der Waals surface area contributed by atoms with Crippen LogP contribution in [-0.2, 0) is 20.7 Å². The van der Waals surface area contributed by atoms with Crippen molar-refractivity contribution in [1.82, 2.24) is 0 Å². The number of fused-ring (bicyclic) bond motifs is 1. The summed E-state index contributed by atoms with van der Waals surface area (Å²) in [6.45, 7) is 8.82. The van der Waals surface area contributed by atoms with Gasteiger partial charge in [-0.15, -0.1) is 0 Å². The molecule has 1 aromatic carbocycles. The quantitative estimate of drug-likeness (QED) is 0.608. The topological polar surface area (TPSA) is 38.8 Å². The van der Waals surface area contributed by atoms with Crippen LogP contribution in [0.1, 0.15) is 39.7 Å². The van der Waals surface area contributed by atoms with Crippen LogP contribution in [0.4, 0.5) is 5.69 Å². The number of nitrogens with zero attached hydrogens (tertiary/aromatic N) is 1. The number of rotatable bonds is 5. The maximum atomic E-state index is 12.6. The van der Waals surface area contributed by atoms with Gasteiger partial charge in [0.05, 0.1) is 6.61 Å². The fraction of sp³-hybridized carbons (Fsp3) is 0.556. The van der Waals surface area contributed by atoms with Gasteiger partial charge in [-0.2, -0.15) is 0 Å². The summed E-state index contributed by atoms with van der Waals surface area (Å²) in [6, 6.07) is 7.80. The molecule has 1 aliphatic heterocycles. The monoisotopic (exact) mass is 335 g/mol. The minimum absolute atomic E-state index is 0.184. The number of esters is 1. The molecule has 0 saturated heterocycles. The molecule has 0 aromatic heterocycles. The maximum absolute atomic E-state index is 12.6. The minimum atomic E-state index is -0.488. The largest absolute Gasteiger partial charge is 0.487 e. The third-order valence-corrected chi connectivity index (χ3v) is 3.95. The van der Waals surface area contributed by atoms with E-state index in [2.05, 4.69) is 11.0 Å². The molecule has 0 saturated carbocycles. The van der Waals surface area contributed by atoms with Crippen molar-refractivity contribution in [3.05, 3.63) is 29.8 Å². The van der Waals surface area contributed by atoms with E-state index in [0.29, 0.717) is 31.0 Å². The van der Waals surface area contributed by atoms with Crippen LogP contribution in [0, 0.1) is 0 Å². The Morgan fingerprint density at radius 3 is 2.70 bits per heavy atom. The highest BCUT2D eigenvalue weighted by Crippen LogP contribution is 2.33. The molecule has 0 bridgehead atoms. The van der Waals surface area contributed by atoms with Gasteiger partial charge in [-0.25, -0.2) is 4.79 Å².